The van der Waals surface area contributed by atoms with Gasteiger partial charge in [-0.15, -0.1) is 0 Å². The van der Waals surface area contributed by atoms with E-state index in [-0.39, 0.29) is 23.6 Å². The van der Waals surface area contributed by atoms with E-state index in [0.717, 1.165) is 22.9 Å². The molecule has 2 unspecified atom stereocenters. The minimum atomic E-state index is -0.252. The van der Waals surface area contributed by atoms with Gasteiger partial charge >= 0.3 is 0 Å². The number of halogens is 1. The molecular weight excluding hydrogens is 291 g/mol. The van der Waals surface area contributed by atoms with Crippen molar-refractivity contribution in [2.45, 2.75) is 12.3 Å². The summed E-state index contributed by atoms with van der Waals surface area (Å²) < 4.78 is 13.0. The van der Waals surface area contributed by atoms with Crippen LogP contribution in [0.3, 0.4) is 0 Å². The van der Waals surface area contributed by atoms with Crippen molar-refractivity contribution >= 4 is 22.5 Å². The molecule has 1 fully saturated rings. The Morgan fingerprint density at radius 3 is 2.74 bits per heavy atom. The Morgan fingerprint density at radius 1 is 1.13 bits per heavy atom. The number of hydrogen-bond acceptors (Lipinski definition) is 2. The quantitative estimate of drug-likeness (QED) is 0.791. The zero-order chi connectivity index (χ0) is 15.8. The highest BCUT2D eigenvalue weighted by Gasteiger charge is 2.43. The molecule has 114 valence electrons. The Morgan fingerprint density at radius 2 is 1.91 bits per heavy atom. The predicted molar refractivity (Wildman–Crippen MR) is 87.6 cm³/mol. The van der Waals surface area contributed by atoms with Gasteiger partial charge in [0.1, 0.15) is 5.82 Å². The smallest absolute Gasteiger partial charge is 0.228 e. The number of carbonyl (C=O) groups excluding carboxylic acids is 1. The fourth-order valence-corrected chi connectivity index (χ4v) is 2.94. The van der Waals surface area contributed by atoms with Gasteiger partial charge in [0.15, 0.2) is 0 Å². The fourth-order valence-electron chi connectivity index (χ4n) is 2.94. The maximum atomic E-state index is 13.0. The van der Waals surface area contributed by atoms with E-state index in [0.29, 0.717) is 5.69 Å². The third-order valence-electron chi connectivity index (χ3n) is 4.28. The van der Waals surface area contributed by atoms with Crippen LogP contribution < -0.4 is 5.32 Å². The van der Waals surface area contributed by atoms with Crippen molar-refractivity contribution in [3.8, 4) is 0 Å². The zero-order valence-electron chi connectivity index (χ0n) is 12.4. The molecule has 0 saturated heterocycles. The molecule has 0 bridgehead atoms. The number of carbonyl (C=O) groups is 1. The number of nitrogens with zero attached hydrogens (tertiary/aromatic N) is 1. The van der Waals surface area contributed by atoms with Gasteiger partial charge in [-0.05, 0) is 42.2 Å². The molecule has 0 spiro atoms. The lowest BCUT2D eigenvalue weighted by Gasteiger charge is -2.06. The number of amides is 1. The van der Waals surface area contributed by atoms with Gasteiger partial charge in [-0.1, -0.05) is 30.3 Å². The molecule has 1 amide bonds. The van der Waals surface area contributed by atoms with Crippen molar-refractivity contribution in [1.29, 1.82) is 0 Å². The van der Waals surface area contributed by atoms with Gasteiger partial charge in [-0.3, -0.25) is 9.78 Å². The second-order valence-corrected chi connectivity index (χ2v) is 5.91. The Hall–Kier alpha value is -2.75. The van der Waals surface area contributed by atoms with Crippen molar-refractivity contribution in [3.05, 3.63) is 72.2 Å². The second-order valence-electron chi connectivity index (χ2n) is 5.91. The van der Waals surface area contributed by atoms with E-state index in [2.05, 4.69) is 10.3 Å². The number of hydrogen-bond donors (Lipinski definition) is 1. The highest BCUT2D eigenvalue weighted by Crippen LogP contribution is 2.48. The first-order valence-corrected chi connectivity index (χ1v) is 7.62. The molecule has 4 rings (SSSR count). The molecule has 1 aliphatic rings. The lowest BCUT2D eigenvalue weighted by molar-refractivity contribution is -0.117. The van der Waals surface area contributed by atoms with Crippen LogP contribution in [0.5, 0.6) is 0 Å². The molecule has 2 atom stereocenters. The number of para-hydroxylation sites is 1. The minimum absolute atomic E-state index is 0.00333. The number of pyridine rings is 1. The molecule has 1 heterocycles. The lowest BCUT2D eigenvalue weighted by Crippen LogP contribution is -2.14. The maximum absolute atomic E-state index is 13.0. The molecule has 0 radical (unpaired) electrons. The highest BCUT2D eigenvalue weighted by molar-refractivity contribution is 5.96. The highest BCUT2D eigenvalue weighted by atomic mass is 19.1. The third kappa shape index (κ3) is 2.80. The van der Waals surface area contributed by atoms with Gasteiger partial charge in [-0.25, -0.2) is 4.39 Å². The van der Waals surface area contributed by atoms with Crippen molar-refractivity contribution < 1.29 is 9.18 Å². The molecule has 0 aliphatic heterocycles. The number of nitrogens with one attached hydrogen (secondary N) is 1. The van der Waals surface area contributed by atoms with E-state index in [1.165, 1.54) is 12.1 Å². The number of benzene rings is 2. The van der Waals surface area contributed by atoms with E-state index in [9.17, 15) is 9.18 Å². The summed E-state index contributed by atoms with van der Waals surface area (Å²) in [7, 11) is 0. The fraction of sp³-hybridized carbons (Fsp3) is 0.158. The lowest BCUT2D eigenvalue weighted by atomic mass is 10.1. The summed E-state index contributed by atoms with van der Waals surface area (Å²) in [5, 5.41) is 3.93. The molecular formula is C19H15FN2O. The molecule has 1 N–H and O–H groups in total. The standard InChI is InChI=1S/C19H15FN2O/c20-14-7-5-12(6-8-14)16-10-17(16)19(23)22-15-9-13-3-1-2-4-18(13)21-11-15/h1-9,11,16-17H,10H2,(H,22,23). The van der Waals surface area contributed by atoms with Crippen molar-refractivity contribution in [1.82, 2.24) is 4.98 Å². The summed E-state index contributed by atoms with van der Waals surface area (Å²) in [5.74, 6) is -0.120. The van der Waals surface area contributed by atoms with E-state index in [1.54, 1.807) is 18.3 Å². The van der Waals surface area contributed by atoms with Gasteiger partial charge in [0.25, 0.3) is 0 Å². The van der Waals surface area contributed by atoms with E-state index in [1.807, 2.05) is 30.3 Å². The van der Waals surface area contributed by atoms with Crippen LogP contribution in [0.25, 0.3) is 10.9 Å². The van der Waals surface area contributed by atoms with Crippen LogP contribution in [0, 0.1) is 11.7 Å². The summed E-state index contributed by atoms with van der Waals surface area (Å²) in [6, 6.07) is 16.1. The molecule has 23 heavy (non-hydrogen) atoms. The monoisotopic (exact) mass is 306 g/mol. The van der Waals surface area contributed by atoms with Crippen LogP contribution >= 0.6 is 0 Å². The molecule has 2 aromatic carbocycles. The van der Waals surface area contributed by atoms with Crippen molar-refractivity contribution in [3.63, 3.8) is 0 Å². The van der Waals surface area contributed by atoms with Crippen LogP contribution in [0.1, 0.15) is 17.9 Å². The van der Waals surface area contributed by atoms with Crippen molar-refractivity contribution in [2.24, 2.45) is 5.92 Å². The third-order valence-corrected chi connectivity index (χ3v) is 4.28. The molecule has 3 nitrogen and oxygen atoms in total. The van der Waals surface area contributed by atoms with Gasteiger partial charge < -0.3 is 5.32 Å². The number of aromatic nitrogens is 1. The molecule has 1 aliphatic carbocycles. The first kappa shape index (κ1) is 13.9. The Balaban J connectivity index is 1.46. The molecule has 1 saturated carbocycles. The van der Waals surface area contributed by atoms with Crippen LogP contribution in [0.15, 0.2) is 60.8 Å². The van der Waals surface area contributed by atoms with Crippen LogP contribution in [0.4, 0.5) is 10.1 Å². The van der Waals surface area contributed by atoms with Gasteiger partial charge in [-0.2, -0.15) is 0 Å². The average molecular weight is 306 g/mol. The summed E-state index contributed by atoms with van der Waals surface area (Å²) in [4.78, 5) is 16.7. The average Bonchev–Trinajstić information content (AvgIpc) is 3.36. The van der Waals surface area contributed by atoms with Crippen LogP contribution in [-0.4, -0.2) is 10.9 Å². The van der Waals surface area contributed by atoms with E-state index < -0.39 is 0 Å². The number of anilines is 1. The Bertz CT molecular complexity index is 876. The summed E-state index contributed by atoms with van der Waals surface area (Å²) in [5.41, 5.74) is 2.63. The molecule has 1 aromatic heterocycles. The second kappa shape index (κ2) is 5.47. The summed E-state index contributed by atoms with van der Waals surface area (Å²) >= 11 is 0. The Labute approximate surface area is 133 Å². The minimum Gasteiger partial charge on any atom is -0.324 e. The first-order valence-electron chi connectivity index (χ1n) is 7.62. The van der Waals surface area contributed by atoms with Gasteiger partial charge in [0.2, 0.25) is 5.91 Å². The van der Waals surface area contributed by atoms with Crippen LogP contribution in [0.2, 0.25) is 0 Å². The summed E-state index contributed by atoms with van der Waals surface area (Å²) in [6.45, 7) is 0. The van der Waals surface area contributed by atoms with Gasteiger partial charge in [0.05, 0.1) is 17.4 Å². The predicted octanol–water partition coefficient (Wildman–Crippen LogP) is 4.12. The SMILES string of the molecule is O=C(Nc1cnc2ccccc2c1)C1CC1c1ccc(F)cc1. The van der Waals surface area contributed by atoms with Crippen molar-refractivity contribution in [2.75, 3.05) is 5.32 Å². The first-order chi connectivity index (χ1) is 11.2. The maximum Gasteiger partial charge on any atom is 0.228 e. The number of rotatable bonds is 3. The molecule has 4 heteroatoms. The van der Waals surface area contributed by atoms with E-state index in [4.69, 9.17) is 0 Å². The zero-order valence-corrected chi connectivity index (χ0v) is 12.4. The van der Waals surface area contributed by atoms with Gasteiger partial charge in [0, 0.05) is 11.3 Å². The molecule has 3 aromatic rings. The number of fused-ring (bicyclic) bond motifs is 1. The van der Waals surface area contributed by atoms with Crippen LogP contribution in [-0.2, 0) is 4.79 Å². The normalized spacial score (nSPS) is 19.5. The topological polar surface area (TPSA) is 42.0 Å². The Kier molecular flexibility index (Phi) is 3.30. The largest absolute Gasteiger partial charge is 0.324 e. The summed E-state index contributed by atoms with van der Waals surface area (Å²) in [6.07, 6.45) is 2.48. The van der Waals surface area contributed by atoms with E-state index >= 15 is 0 Å².